The third-order valence-corrected chi connectivity index (χ3v) is 2.83. The maximum atomic E-state index is 3.51. The maximum Gasteiger partial charge on any atom is 0.0374 e. The van der Waals surface area contributed by atoms with E-state index in [-0.39, 0.29) is 0 Å². The molecule has 1 atom stereocenters. The molecule has 0 amide bonds. The smallest absolute Gasteiger partial charge is 0.0374 e. The molecular formula is C12H17N. The Balaban J connectivity index is 2.31. The summed E-state index contributed by atoms with van der Waals surface area (Å²) in [5.41, 5.74) is 4.29. The van der Waals surface area contributed by atoms with E-state index in [0.29, 0.717) is 6.04 Å². The zero-order valence-electron chi connectivity index (χ0n) is 8.43. The van der Waals surface area contributed by atoms with Crippen LogP contribution in [0.15, 0.2) is 18.2 Å². The molecule has 1 aliphatic rings. The number of benzene rings is 1. The third-order valence-electron chi connectivity index (χ3n) is 2.83. The van der Waals surface area contributed by atoms with Crippen molar-refractivity contribution in [1.82, 2.24) is 0 Å². The van der Waals surface area contributed by atoms with Crippen LogP contribution in [0.4, 0.5) is 5.69 Å². The highest BCUT2D eigenvalue weighted by molar-refractivity contribution is 5.55. The van der Waals surface area contributed by atoms with E-state index in [2.05, 4.69) is 37.4 Å². The minimum absolute atomic E-state index is 0.639. The van der Waals surface area contributed by atoms with Gasteiger partial charge >= 0.3 is 0 Å². The van der Waals surface area contributed by atoms with Gasteiger partial charge in [0.05, 0.1) is 0 Å². The Morgan fingerprint density at radius 1 is 1.46 bits per heavy atom. The average Bonchev–Trinajstić information content (AvgIpc) is 2.17. The highest BCUT2D eigenvalue weighted by Crippen LogP contribution is 2.25. The topological polar surface area (TPSA) is 12.0 Å². The summed E-state index contributed by atoms with van der Waals surface area (Å²) >= 11 is 0. The second-order valence-electron chi connectivity index (χ2n) is 3.93. The van der Waals surface area contributed by atoms with Gasteiger partial charge in [-0.15, -0.1) is 0 Å². The van der Waals surface area contributed by atoms with Gasteiger partial charge in [0.25, 0.3) is 0 Å². The van der Waals surface area contributed by atoms with Crippen molar-refractivity contribution in [2.45, 2.75) is 39.2 Å². The van der Waals surface area contributed by atoms with Crippen LogP contribution in [0.1, 0.15) is 31.4 Å². The van der Waals surface area contributed by atoms with Gasteiger partial charge in [-0.25, -0.2) is 0 Å². The predicted molar refractivity (Wildman–Crippen MR) is 57.2 cm³/mol. The second-order valence-corrected chi connectivity index (χ2v) is 3.93. The normalized spacial score (nSPS) is 20.6. The van der Waals surface area contributed by atoms with Gasteiger partial charge in [-0.3, -0.25) is 0 Å². The zero-order valence-corrected chi connectivity index (χ0v) is 8.43. The predicted octanol–water partition coefficient (Wildman–Crippen LogP) is 3.00. The fourth-order valence-corrected chi connectivity index (χ4v) is 1.92. The Bertz CT molecular complexity index is 304. The van der Waals surface area contributed by atoms with E-state index in [1.54, 1.807) is 0 Å². The van der Waals surface area contributed by atoms with Crippen LogP contribution in [-0.4, -0.2) is 6.04 Å². The lowest BCUT2D eigenvalue weighted by atomic mass is 9.96. The fraction of sp³-hybridized carbons (Fsp3) is 0.500. The number of fused-ring (bicyclic) bond motifs is 1. The molecule has 70 valence electrons. The zero-order chi connectivity index (χ0) is 9.26. The van der Waals surface area contributed by atoms with Crippen LogP contribution in [0.25, 0.3) is 0 Å². The van der Waals surface area contributed by atoms with Crippen LogP contribution in [0, 0.1) is 0 Å². The summed E-state index contributed by atoms with van der Waals surface area (Å²) in [5, 5.41) is 3.51. The lowest BCUT2D eigenvalue weighted by Crippen LogP contribution is -2.21. The van der Waals surface area contributed by atoms with Crippen molar-refractivity contribution >= 4 is 5.69 Å². The number of hydrogen-bond acceptors (Lipinski definition) is 1. The maximum absolute atomic E-state index is 3.51. The van der Waals surface area contributed by atoms with Crippen molar-refractivity contribution < 1.29 is 0 Å². The van der Waals surface area contributed by atoms with Crippen LogP contribution in [-0.2, 0) is 12.8 Å². The lowest BCUT2D eigenvalue weighted by Gasteiger charge is -2.24. The molecule has 0 spiro atoms. The van der Waals surface area contributed by atoms with Crippen LogP contribution in [0.5, 0.6) is 0 Å². The molecule has 13 heavy (non-hydrogen) atoms. The van der Waals surface area contributed by atoms with Crippen molar-refractivity contribution in [2.24, 2.45) is 0 Å². The van der Waals surface area contributed by atoms with Gasteiger partial charge < -0.3 is 5.32 Å². The van der Waals surface area contributed by atoms with Crippen LogP contribution >= 0.6 is 0 Å². The molecule has 1 aromatic rings. The summed E-state index contributed by atoms with van der Waals surface area (Å²) in [7, 11) is 0. The molecule has 1 heterocycles. The molecular weight excluding hydrogens is 158 g/mol. The highest BCUT2D eigenvalue weighted by atomic mass is 14.9. The Labute approximate surface area is 80.2 Å². The van der Waals surface area contributed by atoms with Crippen LogP contribution < -0.4 is 5.32 Å². The third kappa shape index (κ3) is 1.69. The molecule has 1 heteroatoms. The molecule has 0 saturated heterocycles. The van der Waals surface area contributed by atoms with Crippen molar-refractivity contribution in [3.05, 3.63) is 29.3 Å². The summed E-state index contributed by atoms with van der Waals surface area (Å²) in [6.45, 7) is 4.46. The monoisotopic (exact) mass is 175 g/mol. The number of nitrogens with one attached hydrogen (secondary N) is 1. The SMILES string of the molecule is CCc1ccc2c(c1)CC[C@H](C)N2. The summed E-state index contributed by atoms with van der Waals surface area (Å²) in [4.78, 5) is 0. The van der Waals surface area contributed by atoms with E-state index in [4.69, 9.17) is 0 Å². The van der Waals surface area contributed by atoms with E-state index >= 15 is 0 Å². The Morgan fingerprint density at radius 2 is 2.31 bits per heavy atom. The van der Waals surface area contributed by atoms with Gasteiger partial charge in [0, 0.05) is 11.7 Å². The first-order valence-electron chi connectivity index (χ1n) is 5.18. The molecule has 1 aromatic carbocycles. The van der Waals surface area contributed by atoms with Crippen molar-refractivity contribution in [3.8, 4) is 0 Å². The molecule has 1 nitrogen and oxygen atoms in total. The van der Waals surface area contributed by atoms with Crippen molar-refractivity contribution in [1.29, 1.82) is 0 Å². The quantitative estimate of drug-likeness (QED) is 0.692. The standard InChI is InChI=1S/C12H17N/c1-3-10-5-7-12-11(8-10)6-4-9(2)13-12/h5,7-9,13H,3-4,6H2,1-2H3/t9-/m0/s1. The van der Waals surface area contributed by atoms with Crippen molar-refractivity contribution in [3.63, 3.8) is 0 Å². The van der Waals surface area contributed by atoms with Crippen LogP contribution in [0.2, 0.25) is 0 Å². The molecule has 1 N–H and O–H groups in total. The van der Waals surface area contributed by atoms with Gasteiger partial charge in [-0.2, -0.15) is 0 Å². The van der Waals surface area contributed by atoms with Crippen LogP contribution in [0.3, 0.4) is 0 Å². The molecule has 0 aliphatic carbocycles. The minimum Gasteiger partial charge on any atom is -0.382 e. The number of rotatable bonds is 1. The molecule has 0 saturated carbocycles. The fourth-order valence-electron chi connectivity index (χ4n) is 1.92. The minimum atomic E-state index is 0.639. The van der Waals surface area contributed by atoms with E-state index in [1.807, 2.05) is 0 Å². The molecule has 0 radical (unpaired) electrons. The largest absolute Gasteiger partial charge is 0.382 e. The van der Waals surface area contributed by atoms with Gasteiger partial charge in [0.15, 0.2) is 0 Å². The van der Waals surface area contributed by atoms with E-state index in [1.165, 1.54) is 29.7 Å². The Kier molecular flexibility index (Phi) is 2.26. The number of hydrogen-bond donors (Lipinski definition) is 1. The van der Waals surface area contributed by atoms with E-state index in [9.17, 15) is 0 Å². The summed E-state index contributed by atoms with van der Waals surface area (Å²) in [6, 6.07) is 7.43. The molecule has 2 rings (SSSR count). The average molecular weight is 175 g/mol. The van der Waals surface area contributed by atoms with E-state index in [0.717, 1.165) is 6.42 Å². The molecule has 0 bridgehead atoms. The van der Waals surface area contributed by atoms with Gasteiger partial charge in [-0.05, 0) is 43.4 Å². The van der Waals surface area contributed by atoms with Gasteiger partial charge in [0.1, 0.15) is 0 Å². The summed E-state index contributed by atoms with van der Waals surface area (Å²) in [6.07, 6.45) is 3.64. The molecule has 0 fully saturated rings. The first-order valence-corrected chi connectivity index (χ1v) is 5.18. The van der Waals surface area contributed by atoms with Crippen molar-refractivity contribution in [2.75, 3.05) is 5.32 Å². The number of anilines is 1. The lowest BCUT2D eigenvalue weighted by molar-refractivity contribution is 0.680. The number of aryl methyl sites for hydroxylation is 2. The van der Waals surface area contributed by atoms with Gasteiger partial charge in [-0.1, -0.05) is 19.1 Å². The molecule has 1 aliphatic heterocycles. The Morgan fingerprint density at radius 3 is 3.08 bits per heavy atom. The first-order chi connectivity index (χ1) is 6.29. The van der Waals surface area contributed by atoms with Gasteiger partial charge in [0.2, 0.25) is 0 Å². The first kappa shape index (κ1) is 8.61. The highest BCUT2D eigenvalue weighted by Gasteiger charge is 2.13. The second kappa shape index (κ2) is 3.41. The summed E-state index contributed by atoms with van der Waals surface area (Å²) < 4.78 is 0. The molecule has 0 aromatic heterocycles. The van der Waals surface area contributed by atoms with E-state index < -0.39 is 0 Å². The molecule has 0 unspecified atom stereocenters. The Hall–Kier alpha value is -0.980. The summed E-state index contributed by atoms with van der Waals surface area (Å²) in [5.74, 6) is 0.